The van der Waals surface area contributed by atoms with E-state index in [1.807, 2.05) is 0 Å². The van der Waals surface area contributed by atoms with Crippen molar-refractivity contribution < 1.29 is 14.7 Å². The first-order valence-corrected chi connectivity index (χ1v) is 5.47. The van der Waals surface area contributed by atoms with Gasteiger partial charge in [0, 0.05) is 11.1 Å². The highest BCUT2D eigenvalue weighted by Crippen LogP contribution is 2.27. The van der Waals surface area contributed by atoms with Gasteiger partial charge in [-0.25, -0.2) is 4.79 Å². The first-order valence-electron chi connectivity index (χ1n) is 5.47. The number of carboxylic acids is 1. The Morgan fingerprint density at radius 2 is 1.95 bits per heavy atom. The summed E-state index contributed by atoms with van der Waals surface area (Å²) in [7, 11) is 0. The summed E-state index contributed by atoms with van der Waals surface area (Å²) in [5.41, 5.74) is 1.28. The van der Waals surface area contributed by atoms with E-state index in [4.69, 9.17) is 5.11 Å². The molecule has 1 aliphatic carbocycles. The second kappa shape index (κ2) is 4.09. The maximum absolute atomic E-state index is 12.2. The molecule has 0 bridgehead atoms. The number of hydrogen-bond acceptors (Lipinski definition) is 5. The highest BCUT2D eigenvalue weighted by Gasteiger charge is 2.29. The fraction of sp³-hybridized carbons (Fsp3) is 0. The molecule has 0 unspecified atom stereocenters. The van der Waals surface area contributed by atoms with Gasteiger partial charge in [0.25, 0.3) is 0 Å². The van der Waals surface area contributed by atoms with Crippen molar-refractivity contribution in [3.8, 4) is 0 Å². The van der Waals surface area contributed by atoms with E-state index in [-0.39, 0.29) is 22.6 Å². The van der Waals surface area contributed by atoms with Gasteiger partial charge >= 0.3 is 5.97 Å². The zero-order valence-electron chi connectivity index (χ0n) is 9.57. The van der Waals surface area contributed by atoms with E-state index >= 15 is 0 Å². The number of nitrogens with zero attached hydrogens (tertiary/aromatic N) is 3. The molecule has 0 radical (unpaired) electrons. The summed E-state index contributed by atoms with van der Waals surface area (Å²) in [6, 6.07) is 6.34. The van der Waals surface area contributed by atoms with E-state index in [1.165, 1.54) is 6.07 Å². The average molecular weight is 253 g/mol. The number of Topliss-reactive ketones (excluding diaryl/α,β-unsaturated/α-hetero) is 1. The van der Waals surface area contributed by atoms with Crippen molar-refractivity contribution in [2.45, 2.75) is 0 Å². The van der Waals surface area contributed by atoms with Gasteiger partial charge in [0.05, 0.1) is 5.56 Å². The van der Waals surface area contributed by atoms with Crippen molar-refractivity contribution >= 4 is 23.0 Å². The van der Waals surface area contributed by atoms with E-state index in [2.05, 4.69) is 15.4 Å². The van der Waals surface area contributed by atoms with Crippen LogP contribution in [0.2, 0.25) is 0 Å². The van der Waals surface area contributed by atoms with Crippen molar-refractivity contribution in [2.24, 2.45) is 15.4 Å². The first kappa shape index (κ1) is 11.2. The summed E-state index contributed by atoms with van der Waals surface area (Å²) in [6.45, 7) is 0. The molecule has 3 rings (SSSR count). The van der Waals surface area contributed by atoms with Gasteiger partial charge < -0.3 is 5.11 Å². The molecule has 0 spiro atoms. The van der Waals surface area contributed by atoms with Crippen LogP contribution in [0.3, 0.4) is 0 Å². The van der Waals surface area contributed by atoms with E-state index in [0.29, 0.717) is 11.3 Å². The summed E-state index contributed by atoms with van der Waals surface area (Å²) in [5.74, 6) is -1.45. The lowest BCUT2D eigenvalue weighted by atomic mass is 9.90. The third kappa shape index (κ3) is 1.70. The van der Waals surface area contributed by atoms with Gasteiger partial charge in [-0.2, -0.15) is 0 Å². The number of ketones is 1. The number of carbonyl (C=O) groups excluding carboxylic acids is 1. The third-order valence-corrected chi connectivity index (χ3v) is 2.86. The first-order chi connectivity index (χ1) is 9.18. The number of carboxylic acid groups (broad SMARTS) is 1. The minimum absolute atomic E-state index is 0.0754. The molecule has 1 N–H and O–H groups in total. The molecule has 6 heteroatoms. The predicted octanol–water partition coefficient (Wildman–Crippen LogP) is 2.06. The van der Waals surface area contributed by atoms with Gasteiger partial charge in [0.15, 0.2) is 5.71 Å². The average Bonchev–Trinajstić information content (AvgIpc) is 2.88. The van der Waals surface area contributed by atoms with E-state index in [9.17, 15) is 9.59 Å². The number of aromatic carboxylic acids is 1. The molecule has 6 nitrogen and oxygen atoms in total. The van der Waals surface area contributed by atoms with Gasteiger partial charge in [0.1, 0.15) is 5.70 Å². The topological polar surface area (TPSA) is 91.5 Å². The lowest BCUT2D eigenvalue weighted by Crippen LogP contribution is -2.19. The maximum atomic E-state index is 12.2. The lowest BCUT2D eigenvalue weighted by molar-refractivity contribution is -0.108. The minimum atomic E-state index is -1.08. The molecule has 0 amide bonds. The van der Waals surface area contributed by atoms with E-state index in [0.717, 1.165) is 0 Å². The van der Waals surface area contributed by atoms with Crippen LogP contribution in [-0.2, 0) is 4.79 Å². The Bertz CT molecular complexity index is 726. The highest BCUT2D eigenvalue weighted by atomic mass is 16.4. The smallest absolute Gasteiger partial charge is 0.336 e. The molecular formula is C13H7N3O3. The normalized spacial score (nSPS) is 16.6. The highest BCUT2D eigenvalue weighted by molar-refractivity contribution is 6.61. The summed E-state index contributed by atoms with van der Waals surface area (Å²) in [6.07, 6.45) is 3.15. The van der Waals surface area contributed by atoms with Gasteiger partial charge in [0.2, 0.25) is 5.78 Å². The zero-order chi connectivity index (χ0) is 13.4. The molecule has 1 heterocycles. The van der Waals surface area contributed by atoms with Crippen LogP contribution in [0.5, 0.6) is 0 Å². The number of carbonyl (C=O) groups is 2. The van der Waals surface area contributed by atoms with Crippen LogP contribution in [0, 0.1) is 0 Å². The van der Waals surface area contributed by atoms with E-state index in [1.54, 1.807) is 30.4 Å². The zero-order valence-corrected chi connectivity index (χ0v) is 9.57. The van der Waals surface area contributed by atoms with Gasteiger partial charge in [-0.3, -0.25) is 4.79 Å². The Hall–Kier alpha value is -2.89. The van der Waals surface area contributed by atoms with Crippen molar-refractivity contribution in [3.63, 3.8) is 0 Å². The largest absolute Gasteiger partial charge is 0.478 e. The second-order valence-electron chi connectivity index (χ2n) is 3.95. The Morgan fingerprint density at radius 3 is 2.74 bits per heavy atom. The van der Waals surface area contributed by atoms with Crippen LogP contribution in [0.4, 0.5) is 0 Å². The fourth-order valence-electron chi connectivity index (χ4n) is 1.97. The number of fused-ring (bicyclic) bond motifs is 1. The number of hydrogen-bond donors (Lipinski definition) is 1. The van der Waals surface area contributed by atoms with Gasteiger partial charge in [-0.05, 0) is 23.4 Å². The van der Waals surface area contributed by atoms with Crippen LogP contribution >= 0.6 is 0 Å². The van der Waals surface area contributed by atoms with Crippen molar-refractivity contribution in [2.75, 3.05) is 0 Å². The van der Waals surface area contributed by atoms with Crippen molar-refractivity contribution in [3.05, 3.63) is 53.2 Å². The summed E-state index contributed by atoms with van der Waals surface area (Å²) in [5, 5.41) is 19.9. The molecule has 0 aromatic heterocycles. The molecule has 1 aromatic carbocycles. The standard InChI is InChI=1S/C13H7N3O3/c17-12-8(5-6-10-11(12)15-16-14-10)7-3-1-2-4-9(7)13(18)19/h1-6H,(H,18,19). The molecule has 0 saturated carbocycles. The Kier molecular flexibility index (Phi) is 2.42. The maximum Gasteiger partial charge on any atom is 0.336 e. The molecule has 2 aliphatic rings. The monoisotopic (exact) mass is 253 g/mol. The number of allylic oxidation sites excluding steroid dienone is 4. The Morgan fingerprint density at radius 1 is 1.16 bits per heavy atom. The number of benzene rings is 1. The van der Waals surface area contributed by atoms with Crippen LogP contribution in [0.1, 0.15) is 15.9 Å². The molecule has 1 aromatic rings. The summed E-state index contributed by atoms with van der Waals surface area (Å²) < 4.78 is 0. The summed E-state index contributed by atoms with van der Waals surface area (Å²) >= 11 is 0. The molecule has 0 atom stereocenters. The minimum Gasteiger partial charge on any atom is -0.478 e. The molecule has 1 aliphatic heterocycles. The molecular weight excluding hydrogens is 246 g/mol. The van der Waals surface area contributed by atoms with Crippen LogP contribution in [-0.4, -0.2) is 22.6 Å². The van der Waals surface area contributed by atoms with E-state index < -0.39 is 5.97 Å². The van der Waals surface area contributed by atoms with Gasteiger partial charge in [-0.1, -0.05) is 18.2 Å². The van der Waals surface area contributed by atoms with Crippen LogP contribution in [0.15, 0.2) is 57.6 Å². The van der Waals surface area contributed by atoms with Crippen molar-refractivity contribution in [1.82, 2.24) is 0 Å². The predicted molar refractivity (Wildman–Crippen MR) is 66.8 cm³/mol. The lowest BCUT2D eigenvalue weighted by Gasteiger charge is -2.12. The Labute approximate surface area is 107 Å². The third-order valence-electron chi connectivity index (χ3n) is 2.86. The van der Waals surface area contributed by atoms with Crippen molar-refractivity contribution in [1.29, 1.82) is 0 Å². The fourth-order valence-corrected chi connectivity index (χ4v) is 1.97. The second-order valence-corrected chi connectivity index (χ2v) is 3.95. The summed E-state index contributed by atoms with van der Waals surface area (Å²) in [4.78, 5) is 23.4. The van der Waals surface area contributed by atoms with Crippen LogP contribution in [0.25, 0.3) is 5.57 Å². The quantitative estimate of drug-likeness (QED) is 0.817. The van der Waals surface area contributed by atoms with Gasteiger partial charge in [-0.15, -0.1) is 10.2 Å². The molecule has 0 saturated heterocycles. The van der Waals surface area contributed by atoms with Crippen LogP contribution < -0.4 is 0 Å². The number of rotatable bonds is 2. The molecule has 92 valence electrons. The molecule has 0 fully saturated rings. The molecule has 19 heavy (non-hydrogen) atoms. The Balaban J connectivity index is 2.14. The SMILES string of the molecule is O=C1C(c2ccccc2C(=O)O)=CC=C2N=NN=C12.